The number of nitrogens with one attached hydrogen (secondary N) is 2. The largest absolute Gasteiger partial charge is 0.348 e. The Bertz CT molecular complexity index is 1140. The van der Waals surface area contributed by atoms with Crippen molar-refractivity contribution in [3.63, 3.8) is 0 Å². The molecule has 0 aromatic heterocycles. The van der Waals surface area contributed by atoms with Crippen molar-refractivity contribution in [1.29, 1.82) is 0 Å². The summed E-state index contributed by atoms with van der Waals surface area (Å²) in [5, 5.41) is 13.6. The standard InChI is InChI=1S/C17H19N3O7S2/c1-18-29(26,27)11-13-5-3-12(4-6-13)10-19-17(21)14-7-15(20(22)23)9-16(8-14)28(2,24)25/h3-9,18H,10-11H2,1-2H3,(H,19,21). The van der Waals surface area contributed by atoms with E-state index in [9.17, 15) is 31.7 Å². The van der Waals surface area contributed by atoms with Gasteiger partial charge in [0.05, 0.1) is 15.6 Å². The lowest BCUT2D eigenvalue weighted by molar-refractivity contribution is -0.385. The summed E-state index contributed by atoms with van der Waals surface area (Å²) in [6.45, 7) is 0.0643. The Hall–Kier alpha value is -2.83. The van der Waals surface area contributed by atoms with Crippen molar-refractivity contribution in [1.82, 2.24) is 10.0 Å². The molecule has 12 heteroatoms. The molecular formula is C17H19N3O7S2. The predicted octanol–water partition coefficient (Wildman–Crippen LogP) is 0.977. The van der Waals surface area contributed by atoms with Gasteiger partial charge in [0, 0.05) is 30.5 Å². The quantitative estimate of drug-likeness (QED) is 0.457. The summed E-state index contributed by atoms with van der Waals surface area (Å²) in [5.41, 5.74) is 0.563. The van der Waals surface area contributed by atoms with Gasteiger partial charge in [-0.2, -0.15) is 0 Å². The summed E-state index contributed by atoms with van der Waals surface area (Å²) >= 11 is 0. The van der Waals surface area contributed by atoms with Gasteiger partial charge in [-0.25, -0.2) is 21.6 Å². The molecule has 0 heterocycles. The second kappa shape index (κ2) is 8.68. The molecule has 0 atom stereocenters. The topological polar surface area (TPSA) is 153 Å². The fraction of sp³-hybridized carbons (Fsp3) is 0.235. The van der Waals surface area contributed by atoms with Crippen LogP contribution >= 0.6 is 0 Å². The fourth-order valence-electron chi connectivity index (χ4n) is 2.36. The first kappa shape index (κ1) is 22.5. The van der Waals surface area contributed by atoms with Crippen LogP contribution in [0.5, 0.6) is 0 Å². The second-order valence-electron chi connectivity index (χ2n) is 6.21. The van der Waals surface area contributed by atoms with E-state index in [1.165, 1.54) is 7.05 Å². The average molecular weight is 441 g/mol. The van der Waals surface area contributed by atoms with Gasteiger partial charge in [-0.15, -0.1) is 0 Å². The number of nitro groups is 1. The van der Waals surface area contributed by atoms with Gasteiger partial charge in [-0.1, -0.05) is 24.3 Å². The average Bonchev–Trinajstić information content (AvgIpc) is 2.65. The molecule has 0 saturated carbocycles. The maximum absolute atomic E-state index is 12.3. The van der Waals surface area contributed by atoms with E-state index in [4.69, 9.17) is 0 Å². The summed E-state index contributed by atoms with van der Waals surface area (Å²) in [6, 6.07) is 9.44. The van der Waals surface area contributed by atoms with Crippen LogP contribution in [0.3, 0.4) is 0 Å². The van der Waals surface area contributed by atoms with Gasteiger partial charge in [0.15, 0.2) is 9.84 Å². The zero-order valence-electron chi connectivity index (χ0n) is 15.6. The zero-order valence-corrected chi connectivity index (χ0v) is 17.2. The maximum atomic E-state index is 12.3. The van der Waals surface area contributed by atoms with E-state index in [1.807, 2.05) is 0 Å². The Morgan fingerprint density at radius 1 is 1.03 bits per heavy atom. The van der Waals surface area contributed by atoms with Crippen molar-refractivity contribution in [2.45, 2.75) is 17.2 Å². The van der Waals surface area contributed by atoms with E-state index >= 15 is 0 Å². The molecule has 0 aliphatic heterocycles. The number of non-ortho nitro benzene ring substituents is 1. The second-order valence-corrected chi connectivity index (χ2v) is 10.1. The normalized spacial score (nSPS) is 11.8. The summed E-state index contributed by atoms with van der Waals surface area (Å²) < 4.78 is 48.7. The number of nitro benzene ring substituents is 1. The van der Waals surface area contributed by atoms with Crippen molar-refractivity contribution in [3.05, 3.63) is 69.3 Å². The number of hydrogen-bond acceptors (Lipinski definition) is 7. The number of amides is 1. The number of nitrogens with zero attached hydrogens (tertiary/aromatic N) is 1. The first-order chi connectivity index (χ1) is 13.4. The zero-order chi connectivity index (χ0) is 21.8. The number of carbonyl (C=O) groups is 1. The Morgan fingerprint density at radius 3 is 2.14 bits per heavy atom. The van der Waals surface area contributed by atoms with Gasteiger partial charge >= 0.3 is 0 Å². The minimum absolute atomic E-state index is 0.0643. The smallest absolute Gasteiger partial charge is 0.271 e. The van der Waals surface area contributed by atoms with Gasteiger partial charge in [0.2, 0.25) is 10.0 Å². The van der Waals surface area contributed by atoms with Crippen molar-refractivity contribution in [2.24, 2.45) is 0 Å². The predicted molar refractivity (Wildman–Crippen MR) is 106 cm³/mol. The molecule has 0 aliphatic rings. The third kappa shape index (κ3) is 6.34. The highest BCUT2D eigenvalue weighted by Crippen LogP contribution is 2.21. The minimum atomic E-state index is -3.74. The number of carbonyl (C=O) groups excluding carboxylic acids is 1. The Labute approximate surface area is 168 Å². The highest BCUT2D eigenvalue weighted by Gasteiger charge is 2.19. The summed E-state index contributed by atoms with van der Waals surface area (Å²) in [4.78, 5) is 22.3. The number of rotatable bonds is 8. The van der Waals surface area contributed by atoms with Gasteiger partial charge in [0.25, 0.3) is 11.6 Å². The van der Waals surface area contributed by atoms with E-state index in [0.29, 0.717) is 11.1 Å². The fourth-order valence-corrected chi connectivity index (χ4v) is 3.81. The van der Waals surface area contributed by atoms with E-state index in [-0.39, 0.29) is 22.8 Å². The molecule has 0 saturated heterocycles. The van der Waals surface area contributed by atoms with Gasteiger partial charge in [0.1, 0.15) is 0 Å². The third-order valence-electron chi connectivity index (χ3n) is 3.94. The number of benzene rings is 2. The molecule has 0 bridgehead atoms. The van der Waals surface area contributed by atoms with Crippen molar-refractivity contribution >= 4 is 31.5 Å². The van der Waals surface area contributed by atoms with Crippen molar-refractivity contribution < 1.29 is 26.6 Å². The number of hydrogen-bond donors (Lipinski definition) is 2. The molecule has 10 nitrogen and oxygen atoms in total. The lowest BCUT2D eigenvalue weighted by Gasteiger charge is -2.08. The highest BCUT2D eigenvalue weighted by molar-refractivity contribution is 7.90. The van der Waals surface area contributed by atoms with Crippen LogP contribution in [0.4, 0.5) is 5.69 Å². The van der Waals surface area contributed by atoms with Gasteiger partial charge in [-0.05, 0) is 24.2 Å². The van der Waals surface area contributed by atoms with Crippen molar-refractivity contribution in [3.8, 4) is 0 Å². The monoisotopic (exact) mass is 441 g/mol. The van der Waals surface area contributed by atoms with Crippen molar-refractivity contribution in [2.75, 3.05) is 13.3 Å². The molecule has 29 heavy (non-hydrogen) atoms. The lowest BCUT2D eigenvalue weighted by Crippen LogP contribution is -2.23. The first-order valence-corrected chi connectivity index (χ1v) is 11.7. The molecule has 156 valence electrons. The van der Waals surface area contributed by atoms with Crippen LogP contribution in [0.25, 0.3) is 0 Å². The molecule has 0 aliphatic carbocycles. The number of sulfonamides is 1. The lowest BCUT2D eigenvalue weighted by atomic mass is 10.1. The molecular weight excluding hydrogens is 422 g/mol. The first-order valence-electron chi connectivity index (χ1n) is 8.18. The molecule has 0 spiro atoms. The molecule has 1 amide bonds. The molecule has 0 unspecified atom stereocenters. The van der Waals surface area contributed by atoms with E-state index in [1.54, 1.807) is 24.3 Å². The van der Waals surface area contributed by atoms with E-state index in [2.05, 4.69) is 10.0 Å². The van der Waals surface area contributed by atoms with E-state index < -0.39 is 36.4 Å². The highest BCUT2D eigenvalue weighted by atomic mass is 32.2. The van der Waals surface area contributed by atoms with Gasteiger partial charge in [-0.3, -0.25) is 14.9 Å². The van der Waals surface area contributed by atoms with Crippen LogP contribution in [0, 0.1) is 10.1 Å². The Morgan fingerprint density at radius 2 is 1.62 bits per heavy atom. The summed E-state index contributed by atoms with van der Waals surface area (Å²) in [5.74, 6) is -0.863. The summed E-state index contributed by atoms with van der Waals surface area (Å²) in [7, 11) is -5.82. The van der Waals surface area contributed by atoms with Gasteiger partial charge < -0.3 is 5.32 Å². The van der Waals surface area contributed by atoms with Crippen LogP contribution in [0.15, 0.2) is 47.4 Å². The minimum Gasteiger partial charge on any atom is -0.348 e. The van der Waals surface area contributed by atoms with Crippen LogP contribution in [-0.4, -0.2) is 41.0 Å². The van der Waals surface area contributed by atoms with Crippen LogP contribution < -0.4 is 10.0 Å². The Kier molecular flexibility index (Phi) is 6.72. The number of sulfone groups is 1. The molecule has 2 aromatic carbocycles. The molecule has 2 N–H and O–H groups in total. The van der Waals surface area contributed by atoms with E-state index in [0.717, 1.165) is 24.5 Å². The molecule has 0 radical (unpaired) electrons. The van der Waals surface area contributed by atoms with Crippen LogP contribution in [-0.2, 0) is 32.2 Å². The molecule has 2 aromatic rings. The SMILES string of the molecule is CNS(=O)(=O)Cc1ccc(CNC(=O)c2cc([N+](=O)[O-])cc(S(C)(=O)=O)c2)cc1. The Balaban J connectivity index is 2.15. The molecule has 0 fully saturated rings. The third-order valence-corrected chi connectivity index (χ3v) is 6.36. The van der Waals surface area contributed by atoms with Crippen LogP contribution in [0.2, 0.25) is 0 Å². The maximum Gasteiger partial charge on any atom is 0.271 e. The van der Waals surface area contributed by atoms with Crippen LogP contribution in [0.1, 0.15) is 21.5 Å². The summed E-state index contributed by atoms with van der Waals surface area (Å²) in [6.07, 6.45) is 0.892. The molecule has 2 rings (SSSR count).